The zero-order chi connectivity index (χ0) is 13.1. The van der Waals surface area contributed by atoms with Gasteiger partial charge in [-0.25, -0.2) is 0 Å². The van der Waals surface area contributed by atoms with Crippen molar-refractivity contribution in [2.75, 3.05) is 0 Å². The van der Waals surface area contributed by atoms with E-state index in [-0.39, 0.29) is 0 Å². The van der Waals surface area contributed by atoms with Crippen molar-refractivity contribution in [3.05, 3.63) is 39.7 Å². The zero-order valence-corrected chi connectivity index (χ0v) is 10.4. The molecule has 2 rings (SSSR count). The molecule has 1 N–H and O–H groups in total. The van der Waals surface area contributed by atoms with Gasteiger partial charge in [0.2, 0.25) is 5.82 Å². The molecule has 1 aromatic carbocycles. The molecule has 2 unspecified atom stereocenters. The number of nitrogens with one attached hydrogen (secondary N) is 1. The molecule has 0 aromatic heterocycles. The van der Waals surface area contributed by atoms with E-state index in [1.807, 2.05) is 0 Å². The van der Waals surface area contributed by atoms with Gasteiger partial charge in [-0.15, -0.1) is 0 Å². The van der Waals surface area contributed by atoms with E-state index in [0.29, 0.717) is 24.1 Å². The van der Waals surface area contributed by atoms with Crippen LogP contribution >= 0.6 is 0 Å². The number of hydrogen-bond donors (Lipinski definition) is 1. The van der Waals surface area contributed by atoms with E-state index in [0.717, 1.165) is 12.8 Å². The number of halogens is 1. The standard InChI is InChI=1S/C13H17FN2O2/c1-9-5-6-11(7-9)15-8-10-3-2-4-12(13(10)14)16(17)18/h2-4,9,11,15H,5-8H2,1H3. The molecule has 1 aromatic rings. The molecule has 5 heteroatoms. The van der Waals surface area contributed by atoms with Crippen LogP contribution < -0.4 is 5.32 Å². The van der Waals surface area contributed by atoms with Gasteiger partial charge in [0.15, 0.2) is 0 Å². The van der Waals surface area contributed by atoms with Crippen LogP contribution in [0.5, 0.6) is 0 Å². The van der Waals surface area contributed by atoms with Crippen LogP contribution in [0.25, 0.3) is 0 Å². The molecule has 2 atom stereocenters. The first kappa shape index (κ1) is 13.0. The largest absolute Gasteiger partial charge is 0.310 e. The summed E-state index contributed by atoms with van der Waals surface area (Å²) in [4.78, 5) is 9.94. The van der Waals surface area contributed by atoms with Crippen molar-refractivity contribution in [1.29, 1.82) is 0 Å². The molecule has 0 amide bonds. The van der Waals surface area contributed by atoms with Crippen LogP contribution in [0.2, 0.25) is 0 Å². The Morgan fingerprint density at radius 2 is 2.28 bits per heavy atom. The summed E-state index contributed by atoms with van der Waals surface area (Å²) in [6.07, 6.45) is 3.38. The quantitative estimate of drug-likeness (QED) is 0.662. The topological polar surface area (TPSA) is 55.2 Å². The van der Waals surface area contributed by atoms with Gasteiger partial charge in [0, 0.05) is 24.2 Å². The molecule has 1 fully saturated rings. The van der Waals surface area contributed by atoms with Crippen molar-refractivity contribution >= 4 is 5.69 Å². The molecular weight excluding hydrogens is 235 g/mol. The van der Waals surface area contributed by atoms with E-state index < -0.39 is 16.4 Å². The van der Waals surface area contributed by atoms with Gasteiger partial charge < -0.3 is 5.32 Å². The molecule has 0 spiro atoms. The second kappa shape index (κ2) is 5.44. The highest BCUT2D eigenvalue weighted by Crippen LogP contribution is 2.25. The summed E-state index contributed by atoms with van der Waals surface area (Å²) in [5.74, 6) is -0.0153. The van der Waals surface area contributed by atoms with Crippen LogP contribution in [-0.4, -0.2) is 11.0 Å². The highest BCUT2D eigenvalue weighted by molar-refractivity contribution is 5.36. The minimum atomic E-state index is -0.721. The Kier molecular flexibility index (Phi) is 3.91. The molecule has 1 saturated carbocycles. The second-order valence-corrected chi connectivity index (χ2v) is 5.00. The average Bonchev–Trinajstić information content (AvgIpc) is 2.73. The third-order valence-electron chi connectivity index (χ3n) is 3.53. The van der Waals surface area contributed by atoms with Crippen molar-refractivity contribution in [1.82, 2.24) is 5.32 Å². The number of nitro benzene ring substituents is 1. The number of rotatable bonds is 4. The summed E-state index contributed by atoms with van der Waals surface area (Å²) in [5.41, 5.74) is -0.0853. The summed E-state index contributed by atoms with van der Waals surface area (Å²) < 4.78 is 13.8. The fraction of sp³-hybridized carbons (Fsp3) is 0.538. The Labute approximate surface area is 105 Å². The van der Waals surface area contributed by atoms with E-state index in [1.165, 1.54) is 18.6 Å². The molecule has 0 bridgehead atoms. The number of nitrogens with zero attached hydrogens (tertiary/aromatic N) is 1. The second-order valence-electron chi connectivity index (χ2n) is 5.00. The molecule has 0 heterocycles. The zero-order valence-electron chi connectivity index (χ0n) is 10.4. The predicted octanol–water partition coefficient (Wildman–Crippen LogP) is 3.01. The lowest BCUT2D eigenvalue weighted by atomic mass is 10.1. The van der Waals surface area contributed by atoms with Crippen LogP contribution in [0.1, 0.15) is 31.7 Å². The third kappa shape index (κ3) is 2.85. The smallest absolute Gasteiger partial charge is 0.305 e. The first-order valence-electron chi connectivity index (χ1n) is 6.23. The highest BCUT2D eigenvalue weighted by Gasteiger charge is 2.22. The molecular formula is C13H17FN2O2. The third-order valence-corrected chi connectivity index (χ3v) is 3.53. The summed E-state index contributed by atoms with van der Waals surface area (Å²) >= 11 is 0. The van der Waals surface area contributed by atoms with E-state index in [9.17, 15) is 14.5 Å². The lowest BCUT2D eigenvalue weighted by molar-refractivity contribution is -0.387. The maximum Gasteiger partial charge on any atom is 0.305 e. The van der Waals surface area contributed by atoms with Crippen molar-refractivity contribution in [2.45, 2.75) is 38.8 Å². The lowest BCUT2D eigenvalue weighted by Crippen LogP contribution is -2.26. The monoisotopic (exact) mass is 252 g/mol. The molecule has 1 aliphatic rings. The van der Waals surface area contributed by atoms with Crippen LogP contribution in [0, 0.1) is 21.8 Å². The van der Waals surface area contributed by atoms with Crippen LogP contribution in [0.15, 0.2) is 18.2 Å². The molecule has 1 aliphatic carbocycles. The van der Waals surface area contributed by atoms with Gasteiger partial charge in [0.05, 0.1) is 4.92 Å². The summed E-state index contributed by atoms with van der Waals surface area (Å²) in [6, 6.07) is 4.71. The SMILES string of the molecule is CC1CCC(NCc2cccc([N+](=O)[O-])c2F)C1. The average molecular weight is 252 g/mol. The van der Waals surface area contributed by atoms with Crippen LogP contribution in [0.4, 0.5) is 10.1 Å². The number of benzene rings is 1. The van der Waals surface area contributed by atoms with E-state index in [4.69, 9.17) is 0 Å². The molecule has 98 valence electrons. The Morgan fingerprint density at radius 3 is 2.89 bits per heavy atom. The normalized spacial score (nSPS) is 23.2. The minimum Gasteiger partial charge on any atom is -0.310 e. The number of hydrogen-bond acceptors (Lipinski definition) is 3. The van der Waals surface area contributed by atoms with Crippen LogP contribution in [-0.2, 0) is 6.54 Å². The van der Waals surface area contributed by atoms with Crippen molar-refractivity contribution in [2.24, 2.45) is 5.92 Å². The number of nitro groups is 1. The Morgan fingerprint density at radius 1 is 1.50 bits per heavy atom. The van der Waals surface area contributed by atoms with Crippen molar-refractivity contribution in [3.8, 4) is 0 Å². The minimum absolute atomic E-state index is 0.352. The first-order valence-corrected chi connectivity index (χ1v) is 6.23. The maximum atomic E-state index is 13.8. The fourth-order valence-electron chi connectivity index (χ4n) is 2.49. The summed E-state index contributed by atoms with van der Waals surface area (Å²) in [5, 5.41) is 13.9. The van der Waals surface area contributed by atoms with Gasteiger partial charge in [-0.05, 0) is 25.2 Å². The highest BCUT2D eigenvalue weighted by atomic mass is 19.1. The predicted molar refractivity (Wildman–Crippen MR) is 66.7 cm³/mol. The first-order chi connectivity index (χ1) is 8.58. The van der Waals surface area contributed by atoms with Crippen LogP contribution in [0.3, 0.4) is 0 Å². The Hall–Kier alpha value is -1.49. The molecule has 18 heavy (non-hydrogen) atoms. The molecule has 0 aliphatic heterocycles. The maximum absolute atomic E-state index is 13.8. The van der Waals surface area contributed by atoms with E-state index in [1.54, 1.807) is 6.07 Å². The summed E-state index contributed by atoms with van der Waals surface area (Å²) in [7, 11) is 0. The van der Waals surface area contributed by atoms with Gasteiger partial charge in [0.1, 0.15) is 0 Å². The fourth-order valence-corrected chi connectivity index (χ4v) is 2.49. The van der Waals surface area contributed by atoms with Crippen molar-refractivity contribution < 1.29 is 9.31 Å². The Balaban J connectivity index is 2.01. The molecule has 0 radical (unpaired) electrons. The molecule has 0 saturated heterocycles. The molecule has 4 nitrogen and oxygen atoms in total. The van der Waals surface area contributed by atoms with Gasteiger partial charge in [-0.2, -0.15) is 4.39 Å². The van der Waals surface area contributed by atoms with Gasteiger partial charge in [-0.1, -0.05) is 19.1 Å². The van der Waals surface area contributed by atoms with Gasteiger partial charge in [0.25, 0.3) is 0 Å². The summed E-state index contributed by atoms with van der Waals surface area (Å²) in [6.45, 7) is 2.56. The van der Waals surface area contributed by atoms with E-state index >= 15 is 0 Å². The van der Waals surface area contributed by atoms with E-state index in [2.05, 4.69) is 12.2 Å². The Bertz CT molecular complexity index is 451. The van der Waals surface area contributed by atoms with Crippen molar-refractivity contribution in [3.63, 3.8) is 0 Å². The lowest BCUT2D eigenvalue weighted by Gasteiger charge is -2.12. The van der Waals surface area contributed by atoms with Gasteiger partial charge in [-0.3, -0.25) is 10.1 Å². The van der Waals surface area contributed by atoms with Gasteiger partial charge >= 0.3 is 5.69 Å².